The maximum atomic E-state index is 10.7. The molecule has 1 atom stereocenters. The molecule has 0 unspecified atom stereocenters. The van der Waals surface area contributed by atoms with Gasteiger partial charge in [-0.25, -0.2) is 10.4 Å². The van der Waals surface area contributed by atoms with Crippen LogP contribution in [0.25, 0.3) is 0 Å². The van der Waals surface area contributed by atoms with Gasteiger partial charge in [0.2, 0.25) is 5.91 Å². The Bertz CT molecular complexity index is 244. The van der Waals surface area contributed by atoms with Gasteiger partial charge in [-0.3, -0.25) is 10.6 Å². The molecule has 1 rings (SSSR count). The van der Waals surface area contributed by atoms with Crippen LogP contribution in [0, 0.1) is 0 Å². The first kappa shape index (κ1) is 8.69. The van der Waals surface area contributed by atoms with Crippen molar-refractivity contribution in [3.8, 4) is 0 Å². The van der Waals surface area contributed by atoms with E-state index in [-0.39, 0.29) is 0 Å². The lowest BCUT2D eigenvalue weighted by Gasteiger charge is -2.09. The third kappa shape index (κ3) is 2.04. The van der Waals surface area contributed by atoms with Crippen molar-refractivity contribution >= 4 is 5.91 Å². The highest BCUT2D eigenvalue weighted by molar-refractivity contribution is 5.80. The zero-order valence-electron chi connectivity index (χ0n) is 6.45. The maximum absolute atomic E-state index is 10.7. The third-order valence-corrected chi connectivity index (χ3v) is 1.52. The highest BCUT2D eigenvalue weighted by Crippen LogP contribution is 1.96. The topological polar surface area (TPSA) is 110 Å². The molecule has 1 heterocycles. The summed E-state index contributed by atoms with van der Waals surface area (Å²) in [6, 6.07) is -0.551. The van der Waals surface area contributed by atoms with E-state index in [0.717, 1.165) is 5.69 Å². The molecule has 12 heavy (non-hydrogen) atoms. The Morgan fingerprint density at radius 1 is 1.83 bits per heavy atom. The number of aromatic amines is 1. The molecular weight excluding hydrogens is 158 g/mol. The normalized spacial score (nSPS) is 12.8. The second-order valence-electron chi connectivity index (χ2n) is 2.40. The zero-order chi connectivity index (χ0) is 8.97. The lowest BCUT2D eigenvalue weighted by Crippen LogP contribution is -2.46. The van der Waals surface area contributed by atoms with Crippen LogP contribution in [0.5, 0.6) is 0 Å². The van der Waals surface area contributed by atoms with E-state index in [1.54, 1.807) is 6.20 Å². The van der Waals surface area contributed by atoms with E-state index >= 15 is 0 Å². The van der Waals surface area contributed by atoms with Gasteiger partial charge in [0.15, 0.2) is 0 Å². The highest BCUT2D eigenvalue weighted by Gasteiger charge is 2.13. The van der Waals surface area contributed by atoms with Gasteiger partial charge in [0.1, 0.15) is 6.04 Å². The van der Waals surface area contributed by atoms with Crippen molar-refractivity contribution in [1.82, 2.24) is 15.4 Å². The molecule has 0 radical (unpaired) electrons. The summed E-state index contributed by atoms with van der Waals surface area (Å²) in [7, 11) is 0. The van der Waals surface area contributed by atoms with Crippen LogP contribution in [-0.2, 0) is 11.2 Å². The summed E-state index contributed by atoms with van der Waals surface area (Å²) in [6.45, 7) is 0. The number of imidazole rings is 1. The van der Waals surface area contributed by atoms with Crippen LogP contribution >= 0.6 is 0 Å². The molecule has 1 amide bonds. The molecule has 6 nitrogen and oxygen atoms in total. The first-order valence-electron chi connectivity index (χ1n) is 3.46. The van der Waals surface area contributed by atoms with Crippen LogP contribution in [-0.4, -0.2) is 21.9 Å². The van der Waals surface area contributed by atoms with Gasteiger partial charge in [-0.15, -0.1) is 0 Å². The minimum atomic E-state index is -0.551. The molecule has 0 aromatic carbocycles. The Hall–Kier alpha value is -1.40. The molecule has 66 valence electrons. The van der Waals surface area contributed by atoms with Crippen molar-refractivity contribution in [3.63, 3.8) is 0 Å². The number of carbonyl (C=O) groups excluding carboxylic acids is 1. The molecule has 6 heteroatoms. The minimum absolute atomic E-state index is 0.422. The number of rotatable bonds is 4. The number of hydrazine groups is 1. The standard InChI is InChI=1S/C6H11N5O/c7-6(12)5(11-8)1-4-2-9-3-10-4/h2-3,5,11H,1,8H2,(H2,7,12)(H,9,10)/t5-/m0/s1. The van der Waals surface area contributed by atoms with E-state index in [2.05, 4.69) is 15.4 Å². The van der Waals surface area contributed by atoms with Crippen molar-refractivity contribution in [3.05, 3.63) is 18.2 Å². The molecule has 1 aromatic rings. The van der Waals surface area contributed by atoms with Gasteiger partial charge in [0, 0.05) is 18.3 Å². The summed E-state index contributed by atoms with van der Waals surface area (Å²) in [5.74, 6) is 4.63. The fourth-order valence-electron chi connectivity index (χ4n) is 0.858. The molecule has 0 saturated carbocycles. The van der Waals surface area contributed by atoms with Gasteiger partial charge >= 0.3 is 0 Å². The van der Waals surface area contributed by atoms with Gasteiger partial charge in [0.25, 0.3) is 0 Å². The first-order valence-corrected chi connectivity index (χ1v) is 3.46. The summed E-state index contributed by atoms with van der Waals surface area (Å²) in [6.07, 6.45) is 3.57. The molecule has 0 fully saturated rings. The Morgan fingerprint density at radius 2 is 2.58 bits per heavy atom. The molecule has 0 aliphatic rings. The lowest BCUT2D eigenvalue weighted by atomic mass is 10.2. The Balaban J connectivity index is 2.54. The predicted octanol–water partition coefficient (Wildman–Crippen LogP) is -1.73. The van der Waals surface area contributed by atoms with E-state index in [1.165, 1.54) is 6.33 Å². The van der Waals surface area contributed by atoms with E-state index in [4.69, 9.17) is 11.6 Å². The van der Waals surface area contributed by atoms with E-state index in [0.29, 0.717) is 6.42 Å². The van der Waals surface area contributed by atoms with Gasteiger partial charge in [-0.1, -0.05) is 0 Å². The maximum Gasteiger partial charge on any atom is 0.236 e. The molecular formula is C6H11N5O. The summed E-state index contributed by atoms with van der Waals surface area (Å²) >= 11 is 0. The Morgan fingerprint density at radius 3 is 3.00 bits per heavy atom. The third-order valence-electron chi connectivity index (χ3n) is 1.52. The van der Waals surface area contributed by atoms with Gasteiger partial charge in [-0.05, 0) is 0 Å². The van der Waals surface area contributed by atoms with Crippen LogP contribution in [0.1, 0.15) is 5.69 Å². The molecule has 0 saturated heterocycles. The fraction of sp³-hybridized carbons (Fsp3) is 0.333. The Labute approximate surface area is 69.3 Å². The number of hydrogen-bond acceptors (Lipinski definition) is 4. The summed E-state index contributed by atoms with van der Waals surface area (Å²) in [5, 5.41) is 0. The monoisotopic (exact) mass is 169 g/mol. The number of H-pyrrole nitrogens is 1. The fourth-order valence-corrected chi connectivity index (χ4v) is 0.858. The second-order valence-corrected chi connectivity index (χ2v) is 2.40. The first-order chi connectivity index (χ1) is 5.74. The van der Waals surface area contributed by atoms with Crippen LogP contribution < -0.4 is 17.0 Å². The van der Waals surface area contributed by atoms with Crippen molar-refractivity contribution < 1.29 is 4.79 Å². The van der Waals surface area contributed by atoms with Crippen LogP contribution in [0.2, 0.25) is 0 Å². The summed E-state index contributed by atoms with van der Waals surface area (Å²) in [4.78, 5) is 17.3. The number of hydrogen-bond donors (Lipinski definition) is 4. The number of carbonyl (C=O) groups is 1. The van der Waals surface area contributed by atoms with Crippen molar-refractivity contribution in [2.24, 2.45) is 11.6 Å². The van der Waals surface area contributed by atoms with Crippen LogP contribution in [0.15, 0.2) is 12.5 Å². The molecule has 0 spiro atoms. The number of nitrogens with zero attached hydrogens (tertiary/aromatic N) is 1. The number of nitrogens with two attached hydrogens (primary N) is 2. The quantitative estimate of drug-likeness (QED) is 0.317. The average Bonchev–Trinajstić information content (AvgIpc) is 2.51. The average molecular weight is 169 g/mol. The van der Waals surface area contributed by atoms with Crippen molar-refractivity contribution in [2.45, 2.75) is 12.5 Å². The summed E-state index contributed by atoms with van der Waals surface area (Å²) in [5.41, 5.74) is 8.18. The lowest BCUT2D eigenvalue weighted by molar-refractivity contribution is -0.120. The van der Waals surface area contributed by atoms with E-state index < -0.39 is 11.9 Å². The minimum Gasteiger partial charge on any atom is -0.368 e. The number of nitrogens with one attached hydrogen (secondary N) is 2. The van der Waals surface area contributed by atoms with Gasteiger partial charge in [0.05, 0.1) is 6.33 Å². The molecule has 6 N–H and O–H groups in total. The number of primary amides is 1. The summed E-state index contributed by atoms with van der Waals surface area (Å²) < 4.78 is 0. The highest BCUT2D eigenvalue weighted by atomic mass is 16.1. The second kappa shape index (κ2) is 3.84. The van der Waals surface area contributed by atoms with Crippen LogP contribution in [0.4, 0.5) is 0 Å². The smallest absolute Gasteiger partial charge is 0.236 e. The molecule has 1 aromatic heterocycles. The van der Waals surface area contributed by atoms with Gasteiger partial charge in [-0.2, -0.15) is 0 Å². The number of amides is 1. The predicted molar refractivity (Wildman–Crippen MR) is 42.6 cm³/mol. The molecule has 0 aliphatic carbocycles. The van der Waals surface area contributed by atoms with Crippen LogP contribution in [0.3, 0.4) is 0 Å². The molecule has 0 bridgehead atoms. The zero-order valence-corrected chi connectivity index (χ0v) is 6.45. The van der Waals surface area contributed by atoms with Crippen molar-refractivity contribution in [1.29, 1.82) is 0 Å². The Kier molecular flexibility index (Phi) is 2.78. The van der Waals surface area contributed by atoms with Gasteiger partial charge < -0.3 is 10.7 Å². The SMILES string of the molecule is NN[C@@H](Cc1cnc[nH]1)C(N)=O. The van der Waals surface area contributed by atoms with E-state index in [9.17, 15) is 4.79 Å². The molecule has 0 aliphatic heterocycles. The van der Waals surface area contributed by atoms with E-state index in [1.807, 2.05) is 0 Å². The van der Waals surface area contributed by atoms with Crippen molar-refractivity contribution in [2.75, 3.05) is 0 Å². The largest absolute Gasteiger partial charge is 0.368 e. The number of aromatic nitrogens is 2.